The lowest BCUT2D eigenvalue weighted by Crippen LogP contribution is -2.32. The van der Waals surface area contributed by atoms with Gasteiger partial charge in [-0.05, 0) is 26.0 Å². The number of hydrogen-bond acceptors (Lipinski definition) is 3. The molecule has 0 amide bonds. The van der Waals surface area contributed by atoms with Crippen molar-refractivity contribution in [2.75, 3.05) is 18.5 Å². The van der Waals surface area contributed by atoms with Gasteiger partial charge in [0.1, 0.15) is 0 Å². The maximum Gasteiger partial charge on any atom is 0.0726 e. The Hall–Kier alpha value is -1.61. The molecule has 1 aromatic carbocycles. The molecule has 0 spiro atoms. The van der Waals surface area contributed by atoms with E-state index in [0.29, 0.717) is 0 Å². The van der Waals surface area contributed by atoms with Crippen LogP contribution in [0, 0.1) is 6.92 Å². The minimum absolute atomic E-state index is 0.159. The first-order chi connectivity index (χ1) is 8.08. The Morgan fingerprint density at radius 2 is 2.06 bits per heavy atom. The Kier molecular flexibility index (Phi) is 3.29. The monoisotopic (exact) mass is 229 g/mol. The molecule has 0 radical (unpaired) electrons. The number of rotatable bonds is 3. The summed E-state index contributed by atoms with van der Waals surface area (Å²) in [5, 5.41) is 1.18. The molecule has 0 bridgehead atoms. The van der Waals surface area contributed by atoms with Gasteiger partial charge < -0.3 is 10.6 Å². The smallest absolute Gasteiger partial charge is 0.0726 e. The Bertz CT molecular complexity index is 520. The highest BCUT2D eigenvalue weighted by atomic mass is 15.1. The molecule has 2 rings (SSSR count). The van der Waals surface area contributed by atoms with E-state index in [-0.39, 0.29) is 6.04 Å². The first-order valence-corrected chi connectivity index (χ1v) is 5.91. The second-order valence-electron chi connectivity index (χ2n) is 4.66. The van der Waals surface area contributed by atoms with Crippen molar-refractivity contribution in [1.82, 2.24) is 4.98 Å². The van der Waals surface area contributed by atoms with Crippen molar-refractivity contribution in [3.63, 3.8) is 0 Å². The molecule has 1 atom stereocenters. The van der Waals surface area contributed by atoms with E-state index in [1.54, 1.807) is 0 Å². The Morgan fingerprint density at radius 1 is 1.35 bits per heavy atom. The van der Waals surface area contributed by atoms with Crippen LogP contribution in [0.2, 0.25) is 0 Å². The zero-order chi connectivity index (χ0) is 12.4. The molecule has 0 aliphatic carbocycles. The fraction of sp³-hybridized carbons (Fsp3) is 0.357. The molecular formula is C14H19N3. The normalized spacial score (nSPS) is 12.7. The van der Waals surface area contributed by atoms with Crippen molar-refractivity contribution in [2.24, 2.45) is 5.73 Å². The van der Waals surface area contributed by atoms with Gasteiger partial charge in [-0.15, -0.1) is 0 Å². The van der Waals surface area contributed by atoms with Gasteiger partial charge in [0.2, 0.25) is 0 Å². The van der Waals surface area contributed by atoms with E-state index >= 15 is 0 Å². The third-order valence-corrected chi connectivity index (χ3v) is 2.80. The lowest BCUT2D eigenvalue weighted by Gasteiger charge is -2.23. The molecule has 90 valence electrons. The fourth-order valence-corrected chi connectivity index (χ4v) is 2.13. The highest BCUT2D eigenvalue weighted by Gasteiger charge is 2.09. The molecule has 0 aliphatic rings. The Labute approximate surface area is 102 Å². The summed E-state index contributed by atoms with van der Waals surface area (Å²) in [6.07, 6.45) is 0. The average Bonchev–Trinajstić information content (AvgIpc) is 2.26. The van der Waals surface area contributed by atoms with E-state index in [1.807, 2.05) is 32.0 Å². The molecule has 0 saturated carbocycles. The van der Waals surface area contributed by atoms with Crippen LogP contribution in [0.25, 0.3) is 10.9 Å². The molecular weight excluding hydrogens is 210 g/mol. The second kappa shape index (κ2) is 4.72. The van der Waals surface area contributed by atoms with Crippen molar-refractivity contribution >= 4 is 16.6 Å². The van der Waals surface area contributed by atoms with Gasteiger partial charge in [0.25, 0.3) is 0 Å². The third kappa shape index (κ3) is 2.56. The summed E-state index contributed by atoms with van der Waals surface area (Å²) in [5.74, 6) is 0. The zero-order valence-corrected chi connectivity index (χ0v) is 10.6. The van der Waals surface area contributed by atoms with E-state index in [2.05, 4.69) is 29.1 Å². The summed E-state index contributed by atoms with van der Waals surface area (Å²) in [4.78, 5) is 6.74. The molecule has 1 heterocycles. The van der Waals surface area contributed by atoms with Crippen LogP contribution < -0.4 is 10.6 Å². The first-order valence-electron chi connectivity index (χ1n) is 5.91. The highest BCUT2D eigenvalue weighted by Crippen LogP contribution is 2.25. The summed E-state index contributed by atoms with van der Waals surface area (Å²) < 4.78 is 0. The van der Waals surface area contributed by atoms with Crippen LogP contribution in [-0.2, 0) is 0 Å². The number of hydrogen-bond donors (Lipinski definition) is 1. The largest absolute Gasteiger partial charge is 0.372 e. The van der Waals surface area contributed by atoms with Crippen LogP contribution in [0.4, 0.5) is 5.69 Å². The number of anilines is 1. The van der Waals surface area contributed by atoms with Gasteiger partial charge in [-0.2, -0.15) is 0 Å². The number of pyridine rings is 1. The van der Waals surface area contributed by atoms with Crippen LogP contribution in [0.15, 0.2) is 30.3 Å². The van der Waals surface area contributed by atoms with Crippen LogP contribution in [-0.4, -0.2) is 24.6 Å². The van der Waals surface area contributed by atoms with Crippen molar-refractivity contribution in [2.45, 2.75) is 19.9 Å². The van der Waals surface area contributed by atoms with E-state index in [1.165, 1.54) is 11.1 Å². The maximum absolute atomic E-state index is 5.86. The van der Waals surface area contributed by atoms with Crippen molar-refractivity contribution < 1.29 is 0 Å². The highest BCUT2D eigenvalue weighted by molar-refractivity contribution is 5.91. The number of likely N-dealkylation sites (N-methyl/N-ethyl adjacent to an activating group) is 1. The SMILES string of the molecule is Cc1cc(N(C)CC(C)N)c2ccccc2n1. The van der Waals surface area contributed by atoms with Crippen LogP contribution in [0.3, 0.4) is 0 Å². The minimum Gasteiger partial charge on any atom is -0.372 e. The lowest BCUT2D eigenvalue weighted by molar-refractivity contribution is 0.718. The quantitative estimate of drug-likeness (QED) is 0.878. The minimum atomic E-state index is 0.159. The molecule has 1 aromatic heterocycles. The lowest BCUT2D eigenvalue weighted by atomic mass is 10.1. The number of aryl methyl sites for hydroxylation is 1. The van der Waals surface area contributed by atoms with Crippen LogP contribution >= 0.6 is 0 Å². The molecule has 0 fully saturated rings. The maximum atomic E-state index is 5.86. The van der Waals surface area contributed by atoms with E-state index in [4.69, 9.17) is 5.73 Å². The van der Waals surface area contributed by atoms with Gasteiger partial charge in [-0.1, -0.05) is 18.2 Å². The number of benzene rings is 1. The van der Waals surface area contributed by atoms with Gasteiger partial charge in [-0.25, -0.2) is 0 Å². The number of para-hydroxylation sites is 1. The summed E-state index contributed by atoms with van der Waals surface area (Å²) in [7, 11) is 2.07. The van der Waals surface area contributed by atoms with E-state index in [0.717, 1.165) is 17.8 Å². The Balaban J connectivity index is 2.51. The van der Waals surface area contributed by atoms with Gasteiger partial charge in [0, 0.05) is 36.4 Å². The topological polar surface area (TPSA) is 42.1 Å². The predicted octanol–water partition coefficient (Wildman–Crippen LogP) is 2.33. The second-order valence-corrected chi connectivity index (χ2v) is 4.66. The molecule has 2 N–H and O–H groups in total. The number of aromatic nitrogens is 1. The molecule has 17 heavy (non-hydrogen) atoms. The molecule has 3 heteroatoms. The Morgan fingerprint density at radius 3 is 2.76 bits per heavy atom. The molecule has 0 aliphatic heterocycles. The van der Waals surface area contributed by atoms with Gasteiger partial charge >= 0.3 is 0 Å². The fourth-order valence-electron chi connectivity index (χ4n) is 2.13. The van der Waals surface area contributed by atoms with E-state index < -0.39 is 0 Å². The number of fused-ring (bicyclic) bond motifs is 1. The van der Waals surface area contributed by atoms with Gasteiger partial charge in [0.05, 0.1) is 5.52 Å². The molecule has 1 unspecified atom stereocenters. The first kappa shape index (κ1) is 11.9. The zero-order valence-electron chi connectivity index (χ0n) is 10.6. The number of nitrogens with zero attached hydrogens (tertiary/aromatic N) is 2. The van der Waals surface area contributed by atoms with Crippen molar-refractivity contribution in [3.05, 3.63) is 36.0 Å². The van der Waals surface area contributed by atoms with Gasteiger partial charge in [0.15, 0.2) is 0 Å². The van der Waals surface area contributed by atoms with Crippen molar-refractivity contribution in [3.8, 4) is 0 Å². The van der Waals surface area contributed by atoms with Crippen molar-refractivity contribution in [1.29, 1.82) is 0 Å². The van der Waals surface area contributed by atoms with Crippen LogP contribution in [0.1, 0.15) is 12.6 Å². The molecule has 2 aromatic rings. The van der Waals surface area contributed by atoms with Gasteiger partial charge in [-0.3, -0.25) is 4.98 Å². The summed E-state index contributed by atoms with van der Waals surface area (Å²) >= 11 is 0. The molecule has 3 nitrogen and oxygen atoms in total. The third-order valence-electron chi connectivity index (χ3n) is 2.80. The standard InChI is InChI=1S/C14H19N3/c1-10(15)9-17(3)14-8-11(2)16-13-7-5-4-6-12(13)14/h4-8,10H,9,15H2,1-3H3. The molecule has 0 saturated heterocycles. The summed E-state index contributed by atoms with van der Waals surface area (Å²) in [5.41, 5.74) is 9.13. The average molecular weight is 229 g/mol. The number of nitrogens with two attached hydrogens (primary N) is 1. The van der Waals surface area contributed by atoms with Crippen LogP contribution in [0.5, 0.6) is 0 Å². The predicted molar refractivity (Wildman–Crippen MR) is 73.4 cm³/mol. The van der Waals surface area contributed by atoms with E-state index in [9.17, 15) is 0 Å². The summed E-state index contributed by atoms with van der Waals surface area (Å²) in [6, 6.07) is 10.5. The summed E-state index contributed by atoms with van der Waals surface area (Å²) in [6.45, 7) is 4.88.